The number of nitrogens with zero attached hydrogens (tertiary/aromatic N) is 2. The molecular weight excluding hydrogens is 432 g/mol. The van der Waals surface area contributed by atoms with Gasteiger partial charge < -0.3 is 9.47 Å². The van der Waals surface area contributed by atoms with Gasteiger partial charge >= 0.3 is 5.97 Å². The minimum atomic E-state index is -0.630. The molecule has 2 heterocycles. The number of aryl methyl sites for hydroxylation is 1. The van der Waals surface area contributed by atoms with Crippen molar-refractivity contribution in [2.75, 3.05) is 19.7 Å². The average Bonchev–Trinajstić information content (AvgIpc) is 3.14. The normalized spacial score (nSPS) is 18.7. The second-order valence-corrected chi connectivity index (χ2v) is 8.82. The molecule has 0 bridgehead atoms. The van der Waals surface area contributed by atoms with Gasteiger partial charge in [0.1, 0.15) is 5.01 Å². The molecule has 1 aromatic heterocycles. The molecule has 10 heteroatoms. The molecule has 1 aliphatic heterocycles. The van der Waals surface area contributed by atoms with Gasteiger partial charge in [0.25, 0.3) is 5.91 Å². The van der Waals surface area contributed by atoms with E-state index >= 15 is 0 Å². The van der Waals surface area contributed by atoms with Gasteiger partial charge in [-0.2, -0.15) is 0 Å². The number of esters is 1. The number of nitrogens with one attached hydrogen (secondary N) is 2. The molecule has 1 aliphatic rings. The minimum absolute atomic E-state index is 0.0627. The number of amides is 2. The molecule has 2 aromatic rings. The highest BCUT2D eigenvalue weighted by Crippen LogP contribution is 2.15. The first-order chi connectivity index (χ1) is 15.3. The van der Waals surface area contributed by atoms with E-state index in [2.05, 4.69) is 34.6 Å². The predicted molar refractivity (Wildman–Crippen MR) is 119 cm³/mol. The van der Waals surface area contributed by atoms with E-state index in [0.29, 0.717) is 10.6 Å². The van der Waals surface area contributed by atoms with Crippen molar-refractivity contribution in [1.82, 2.24) is 20.7 Å². The summed E-state index contributed by atoms with van der Waals surface area (Å²) in [5.74, 6) is -1.64. The highest BCUT2D eigenvalue weighted by molar-refractivity contribution is 7.09. The number of aromatic nitrogens is 1. The van der Waals surface area contributed by atoms with Crippen LogP contribution in [-0.2, 0) is 32.0 Å². The van der Waals surface area contributed by atoms with Gasteiger partial charge in [-0.3, -0.25) is 25.3 Å². The predicted octanol–water partition coefficient (Wildman–Crippen LogP) is 1.61. The summed E-state index contributed by atoms with van der Waals surface area (Å²) in [7, 11) is 0. The molecule has 2 unspecified atom stereocenters. The van der Waals surface area contributed by atoms with E-state index in [1.165, 1.54) is 11.3 Å². The molecule has 32 heavy (non-hydrogen) atoms. The van der Waals surface area contributed by atoms with Gasteiger partial charge in [-0.25, -0.2) is 9.78 Å². The van der Waals surface area contributed by atoms with E-state index in [1.54, 1.807) is 12.1 Å². The number of hydrogen-bond acceptors (Lipinski definition) is 8. The Hall–Kier alpha value is -2.82. The van der Waals surface area contributed by atoms with Crippen LogP contribution in [0.3, 0.4) is 0 Å². The molecule has 0 radical (unpaired) electrons. The number of hydrogen-bond donors (Lipinski definition) is 2. The lowest BCUT2D eigenvalue weighted by molar-refractivity contribution is -0.130. The zero-order valence-corrected chi connectivity index (χ0v) is 19.2. The van der Waals surface area contributed by atoms with Crippen molar-refractivity contribution >= 4 is 29.1 Å². The van der Waals surface area contributed by atoms with Crippen LogP contribution in [0, 0.1) is 6.92 Å². The van der Waals surface area contributed by atoms with Crippen LogP contribution in [0.4, 0.5) is 0 Å². The highest BCUT2D eigenvalue weighted by Gasteiger charge is 2.22. The molecule has 2 N–H and O–H groups in total. The van der Waals surface area contributed by atoms with Gasteiger partial charge in [-0.15, -0.1) is 11.3 Å². The van der Waals surface area contributed by atoms with Crippen LogP contribution in [-0.4, -0.2) is 59.6 Å². The van der Waals surface area contributed by atoms with Crippen LogP contribution in [0.5, 0.6) is 0 Å². The van der Waals surface area contributed by atoms with Crippen molar-refractivity contribution in [3.8, 4) is 0 Å². The monoisotopic (exact) mass is 460 g/mol. The van der Waals surface area contributed by atoms with Crippen LogP contribution in [0.2, 0.25) is 0 Å². The number of thiazole rings is 1. The summed E-state index contributed by atoms with van der Waals surface area (Å²) in [4.78, 5) is 42.4. The maximum Gasteiger partial charge on any atom is 0.338 e. The third-order valence-corrected chi connectivity index (χ3v) is 5.71. The van der Waals surface area contributed by atoms with Crippen molar-refractivity contribution in [3.05, 3.63) is 51.5 Å². The first kappa shape index (κ1) is 23.8. The molecule has 0 saturated carbocycles. The largest absolute Gasteiger partial charge is 0.452 e. The first-order valence-corrected chi connectivity index (χ1v) is 11.3. The van der Waals surface area contributed by atoms with E-state index in [1.807, 2.05) is 24.4 Å². The van der Waals surface area contributed by atoms with E-state index in [4.69, 9.17) is 9.47 Å². The van der Waals surface area contributed by atoms with Gasteiger partial charge in [0.2, 0.25) is 5.91 Å². The van der Waals surface area contributed by atoms with Gasteiger partial charge in [0.05, 0.1) is 24.2 Å². The number of ether oxygens (including phenoxy) is 2. The van der Waals surface area contributed by atoms with Crippen molar-refractivity contribution in [2.45, 2.75) is 45.9 Å². The van der Waals surface area contributed by atoms with Crippen LogP contribution < -0.4 is 10.9 Å². The van der Waals surface area contributed by atoms with Crippen LogP contribution >= 0.6 is 11.3 Å². The minimum Gasteiger partial charge on any atom is -0.452 e. The Labute approximate surface area is 191 Å². The van der Waals surface area contributed by atoms with Gasteiger partial charge in [-0.05, 0) is 38.5 Å². The third kappa shape index (κ3) is 7.40. The molecule has 1 aromatic carbocycles. The lowest BCUT2D eigenvalue weighted by atomic mass is 10.1. The Kier molecular flexibility index (Phi) is 8.32. The fourth-order valence-electron chi connectivity index (χ4n) is 3.47. The first-order valence-electron chi connectivity index (χ1n) is 10.4. The van der Waals surface area contributed by atoms with E-state index < -0.39 is 24.4 Å². The van der Waals surface area contributed by atoms with Crippen molar-refractivity contribution in [3.63, 3.8) is 0 Å². The standard InChI is InChI=1S/C22H28N4O5S/c1-14-13-32-21(23-14)8-19(27)24-25-20(28)12-30-22(29)18-6-4-17(5-7-18)11-26-9-15(2)31-16(3)10-26/h4-7,13,15-16H,8-12H2,1-3H3,(H,24,27)(H,25,28). The molecule has 2 amide bonds. The lowest BCUT2D eigenvalue weighted by Crippen LogP contribution is -2.44. The molecule has 2 atom stereocenters. The smallest absolute Gasteiger partial charge is 0.338 e. The number of carbonyl (C=O) groups is 3. The summed E-state index contributed by atoms with van der Waals surface area (Å²) in [6, 6.07) is 7.12. The molecule has 172 valence electrons. The van der Waals surface area contributed by atoms with Crippen molar-refractivity contribution in [1.29, 1.82) is 0 Å². The number of carbonyl (C=O) groups excluding carboxylic acids is 3. The number of benzene rings is 1. The quantitative estimate of drug-likeness (QED) is 0.477. The maximum absolute atomic E-state index is 12.2. The Balaban J connectivity index is 1.38. The molecule has 1 saturated heterocycles. The average molecular weight is 461 g/mol. The summed E-state index contributed by atoms with van der Waals surface area (Å²) < 4.78 is 10.8. The molecule has 1 fully saturated rings. The van der Waals surface area contributed by atoms with Gasteiger partial charge in [0.15, 0.2) is 6.61 Å². The maximum atomic E-state index is 12.2. The molecule has 9 nitrogen and oxygen atoms in total. The Morgan fingerprint density at radius 2 is 1.78 bits per heavy atom. The Bertz CT molecular complexity index is 936. The molecule has 3 rings (SSSR count). The number of hydrazine groups is 1. The number of rotatable bonds is 7. The van der Waals surface area contributed by atoms with E-state index in [-0.39, 0.29) is 18.6 Å². The zero-order chi connectivity index (χ0) is 23.1. The second kappa shape index (κ2) is 11.2. The second-order valence-electron chi connectivity index (χ2n) is 7.88. The summed E-state index contributed by atoms with van der Waals surface area (Å²) in [6.07, 6.45) is 0.452. The Morgan fingerprint density at radius 1 is 1.12 bits per heavy atom. The van der Waals surface area contributed by atoms with Crippen molar-refractivity contribution in [2.24, 2.45) is 0 Å². The SMILES string of the molecule is Cc1csc(CC(=O)NNC(=O)COC(=O)c2ccc(CN3CC(C)OC(C)C3)cc2)n1. The summed E-state index contributed by atoms with van der Waals surface area (Å²) in [5, 5.41) is 2.50. The third-order valence-electron chi connectivity index (χ3n) is 4.75. The topological polar surface area (TPSA) is 110 Å². The molecule has 0 spiro atoms. The van der Waals surface area contributed by atoms with Crippen LogP contribution in [0.25, 0.3) is 0 Å². The van der Waals surface area contributed by atoms with E-state index in [0.717, 1.165) is 30.9 Å². The fraction of sp³-hybridized carbons (Fsp3) is 0.455. The molecular formula is C22H28N4O5S. The van der Waals surface area contributed by atoms with Crippen LogP contribution in [0.1, 0.15) is 40.5 Å². The summed E-state index contributed by atoms with van der Waals surface area (Å²) >= 11 is 1.37. The summed E-state index contributed by atoms with van der Waals surface area (Å²) in [5.41, 5.74) is 6.78. The van der Waals surface area contributed by atoms with Gasteiger partial charge in [-0.1, -0.05) is 12.1 Å². The lowest BCUT2D eigenvalue weighted by Gasteiger charge is -2.35. The highest BCUT2D eigenvalue weighted by atomic mass is 32.1. The van der Waals surface area contributed by atoms with Crippen LogP contribution in [0.15, 0.2) is 29.6 Å². The fourth-order valence-corrected chi connectivity index (χ4v) is 4.24. The van der Waals surface area contributed by atoms with Crippen molar-refractivity contribution < 1.29 is 23.9 Å². The summed E-state index contributed by atoms with van der Waals surface area (Å²) in [6.45, 7) is 7.96. The van der Waals surface area contributed by atoms with Gasteiger partial charge in [0, 0.05) is 30.7 Å². The Morgan fingerprint density at radius 3 is 2.41 bits per heavy atom. The zero-order valence-electron chi connectivity index (χ0n) is 18.4. The number of morpholine rings is 1. The van der Waals surface area contributed by atoms with E-state index in [9.17, 15) is 14.4 Å². The molecule has 0 aliphatic carbocycles.